The van der Waals surface area contributed by atoms with E-state index in [0.29, 0.717) is 11.1 Å². The highest BCUT2D eigenvalue weighted by atomic mass is 15.2. The zero-order chi connectivity index (χ0) is 11.7. The van der Waals surface area contributed by atoms with Crippen LogP contribution in [0.2, 0.25) is 0 Å². The third-order valence-electron chi connectivity index (χ3n) is 3.92. The van der Waals surface area contributed by atoms with Gasteiger partial charge in [0.15, 0.2) is 0 Å². The Morgan fingerprint density at radius 1 is 1.27 bits per heavy atom. The normalized spacial score (nSPS) is 22.6. The molecule has 2 heteroatoms. The van der Waals surface area contributed by atoms with Crippen molar-refractivity contribution in [1.82, 2.24) is 9.80 Å². The minimum Gasteiger partial charge on any atom is -0.300 e. The summed E-state index contributed by atoms with van der Waals surface area (Å²) in [5, 5.41) is 0. The molecule has 15 heavy (non-hydrogen) atoms. The fourth-order valence-corrected chi connectivity index (χ4v) is 2.18. The summed E-state index contributed by atoms with van der Waals surface area (Å²) in [7, 11) is 2.23. The molecule has 0 amide bonds. The molecule has 0 aromatic carbocycles. The summed E-state index contributed by atoms with van der Waals surface area (Å²) in [4.78, 5) is 5.08. The molecule has 0 saturated carbocycles. The average molecular weight is 212 g/mol. The first-order chi connectivity index (χ1) is 6.73. The predicted molar refractivity (Wildman–Crippen MR) is 67.3 cm³/mol. The van der Waals surface area contributed by atoms with Gasteiger partial charge in [0.05, 0.1) is 0 Å². The van der Waals surface area contributed by atoms with Crippen LogP contribution in [0.1, 0.15) is 47.5 Å². The maximum Gasteiger partial charge on any atom is 0.0154 e. The van der Waals surface area contributed by atoms with Gasteiger partial charge >= 0.3 is 0 Å². The van der Waals surface area contributed by atoms with E-state index in [-0.39, 0.29) is 0 Å². The number of likely N-dealkylation sites (N-methyl/N-ethyl adjacent to an activating group) is 1. The van der Waals surface area contributed by atoms with Crippen LogP contribution in [0.25, 0.3) is 0 Å². The Kier molecular flexibility index (Phi) is 3.83. The van der Waals surface area contributed by atoms with E-state index in [1.807, 2.05) is 0 Å². The van der Waals surface area contributed by atoms with Crippen LogP contribution in [0.5, 0.6) is 0 Å². The van der Waals surface area contributed by atoms with Gasteiger partial charge in [-0.2, -0.15) is 0 Å². The lowest BCUT2D eigenvalue weighted by Crippen LogP contribution is -2.46. The summed E-state index contributed by atoms with van der Waals surface area (Å²) < 4.78 is 0. The van der Waals surface area contributed by atoms with Crippen molar-refractivity contribution in [3.63, 3.8) is 0 Å². The molecule has 0 radical (unpaired) electrons. The fourth-order valence-electron chi connectivity index (χ4n) is 2.18. The van der Waals surface area contributed by atoms with E-state index in [1.165, 1.54) is 32.5 Å². The second kappa shape index (κ2) is 4.42. The lowest BCUT2D eigenvalue weighted by atomic mass is 10.0. The first-order valence-electron chi connectivity index (χ1n) is 6.20. The van der Waals surface area contributed by atoms with Gasteiger partial charge < -0.3 is 4.90 Å². The van der Waals surface area contributed by atoms with E-state index in [4.69, 9.17) is 0 Å². The van der Waals surface area contributed by atoms with Crippen molar-refractivity contribution in [3.05, 3.63) is 0 Å². The van der Waals surface area contributed by atoms with E-state index in [2.05, 4.69) is 51.5 Å². The number of nitrogens with zero attached hydrogens (tertiary/aromatic N) is 2. The summed E-state index contributed by atoms with van der Waals surface area (Å²) in [6, 6.07) is 0. The molecule has 0 aromatic heterocycles. The van der Waals surface area contributed by atoms with Gasteiger partial charge in [-0.25, -0.2) is 0 Å². The van der Waals surface area contributed by atoms with Gasteiger partial charge in [0.25, 0.3) is 0 Å². The van der Waals surface area contributed by atoms with Crippen LogP contribution in [-0.2, 0) is 0 Å². The van der Waals surface area contributed by atoms with E-state index < -0.39 is 0 Å². The molecule has 1 fully saturated rings. The van der Waals surface area contributed by atoms with E-state index in [0.717, 1.165) is 0 Å². The van der Waals surface area contributed by atoms with Crippen LogP contribution in [0.15, 0.2) is 0 Å². The van der Waals surface area contributed by atoms with E-state index in [1.54, 1.807) is 0 Å². The van der Waals surface area contributed by atoms with Gasteiger partial charge in [-0.1, -0.05) is 0 Å². The molecule has 0 spiro atoms. The third kappa shape index (κ3) is 3.46. The second-order valence-corrected chi connectivity index (χ2v) is 6.50. The Morgan fingerprint density at radius 3 is 2.27 bits per heavy atom. The van der Waals surface area contributed by atoms with Crippen molar-refractivity contribution in [2.45, 2.75) is 58.5 Å². The highest BCUT2D eigenvalue weighted by Crippen LogP contribution is 2.27. The number of likely N-dealkylation sites (tertiary alicyclic amines) is 1. The quantitative estimate of drug-likeness (QED) is 0.709. The molecule has 1 aliphatic heterocycles. The molecule has 0 N–H and O–H groups in total. The second-order valence-electron chi connectivity index (χ2n) is 6.50. The van der Waals surface area contributed by atoms with Crippen LogP contribution in [0.3, 0.4) is 0 Å². The molecular formula is C13H28N2. The van der Waals surface area contributed by atoms with Gasteiger partial charge in [-0.05, 0) is 61.1 Å². The maximum atomic E-state index is 2.63. The highest BCUT2D eigenvalue weighted by molar-refractivity contribution is 4.88. The molecule has 0 bridgehead atoms. The van der Waals surface area contributed by atoms with Crippen molar-refractivity contribution in [3.8, 4) is 0 Å². The lowest BCUT2D eigenvalue weighted by molar-refractivity contribution is 0.115. The van der Waals surface area contributed by atoms with Gasteiger partial charge in [0, 0.05) is 24.2 Å². The van der Waals surface area contributed by atoms with Gasteiger partial charge in [-0.15, -0.1) is 0 Å². The summed E-state index contributed by atoms with van der Waals surface area (Å²) >= 11 is 0. The smallest absolute Gasteiger partial charge is 0.0154 e. The van der Waals surface area contributed by atoms with Crippen LogP contribution in [-0.4, -0.2) is 47.6 Å². The lowest BCUT2D eigenvalue weighted by Gasteiger charge is -2.37. The van der Waals surface area contributed by atoms with Crippen molar-refractivity contribution in [2.24, 2.45) is 0 Å². The number of hydrogen-bond acceptors (Lipinski definition) is 2. The molecule has 1 saturated heterocycles. The SMILES string of the molecule is CN(CCN1CCCC1(C)C)C(C)(C)C. The summed E-state index contributed by atoms with van der Waals surface area (Å²) in [6.45, 7) is 15.2. The van der Waals surface area contributed by atoms with Crippen LogP contribution < -0.4 is 0 Å². The Bertz CT molecular complexity index is 203. The zero-order valence-electron chi connectivity index (χ0n) is 11.4. The molecule has 2 nitrogen and oxygen atoms in total. The Hall–Kier alpha value is -0.0800. The van der Waals surface area contributed by atoms with Gasteiger partial charge in [0.1, 0.15) is 0 Å². The van der Waals surface area contributed by atoms with Crippen LogP contribution in [0.4, 0.5) is 0 Å². The largest absolute Gasteiger partial charge is 0.300 e. The predicted octanol–water partition coefficient (Wildman–Crippen LogP) is 2.59. The van der Waals surface area contributed by atoms with Crippen molar-refractivity contribution < 1.29 is 0 Å². The zero-order valence-corrected chi connectivity index (χ0v) is 11.4. The van der Waals surface area contributed by atoms with Crippen LogP contribution in [0, 0.1) is 0 Å². The number of hydrogen-bond donors (Lipinski definition) is 0. The highest BCUT2D eigenvalue weighted by Gasteiger charge is 2.31. The Labute approximate surface area is 95.6 Å². The average Bonchev–Trinajstić information content (AvgIpc) is 2.39. The molecule has 0 aliphatic carbocycles. The Morgan fingerprint density at radius 2 is 1.87 bits per heavy atom. The first kappa shape index (κ1) is 13.0. The first-order valence-corrected chi connectivity index (χ1v) is 6.20. The molecule has 1 heterocycles. The third-order valence-corrected chi connectivity index (χ3v) is 3.92. The van der Waals surface area contributed by atoms with Crippen molar-refractivity contribution in [2.75, 3.05) is 26.7 Å². The molecule has 0 aromatic rings. The van der Waals surface area contributed by atoms with Crippen molar-refractivity contribution in [1.29, 1.82) is 0 Å². The fraction of sp³-hybridized carbons (Fsp3) is 1.00. The van der Waals surface area contributed by atoms with Crippen molar-refractivity contribution >= 4 is 0 Å². The summed E-state index contributed by atoms with van der Waals surface area (Å²) in [5.41, 5.74) is 0.725. The molecule has 1 rings (SSSR count). The molecule has 1 aliphatic rings. The van der Waals surface area contributed by atoms with E-state index in [9.17, 15) is 0 Å². The number of rotatable bonds is 3. The Balaban J connectivity index is 2.38. The molecular weight excluding hydrogens is 184 g/mol. The minimum atomic E-state index is 0.296. The minimum absolute atomic E-state index is 0.296. The summed E-state index contributed by atoms with van der Waals surface area (Å²) in [5.74, 6) is 0. The summed E-state index contributed by atoms with van der Waals surface area (Å²) in [6.07, 6.45) is 2.72. The standard InChI is InChI=1S/C13H28N2/c1-12(2,3)14(6)10-11-15-9-7-8-13(15,4)5/h7-11H2,1-6H3. The van der Waals surface area contributed by atoms with Gasteiger partial charge in [0.2, 0.25) is 0 Å². The van der Waals surface area contributed by atoms with Gasteiger partial charge in [-0.3, -0.25) is 4.90 Å². The molecule has 90 valence electrons. The maximum absolute atomic E-state index is 2.63. The van der Waals surface area contributed by atoms with Crippen LogP contribution >= 0.6 is 0 Å². The molecule has 0 unspecified atom stereocenters. The monoisotopic (exact) mass is 212 g/mol. The van der Waals surface area contributed by atoms with E-state index >= 15 is 0 Å². The molecule has 0 atom stereocenters. The topological polar surface area (TPSA) is 6.48 Å².